The van der Waals surface area contributed by atoms with Crippen LogP contribution in [-0.4, -0.2) is 50.4 Å². The Balaban J connectivity index is 1.67. The average molecular weight is 598 g/mol. The molecule has 2 amide bonds. The van der Waals surface area contributed by atoms with Crippen LogP contribution in [-0.2, 0) is 26.2 Å². The molecule has 41 heavy (non-hydrogen) atoms. The van der Waals surface area contributed by atoms with Crippen LogP contribution in [0.4, 0.5) is 5.69 Å². The fraction of sp³-hybridized carbons (Fsp3) is 0.355. The monoisotopic (exact) mass is 597 g/mol. The zero-order valence-electron chi connectivity index (χ0n) is 23.3. The molecule has 0 spiro atoms. The van der Waals surface area contributed by atoms with Crippen molar-refractivity contribution in [2.45, 2.75) is 63.1 Å². The second kappa shape index (κ2) is 13.9. The Morgan fingerprint density at radius 2 is 1.61 bits per heavy atom. The molecule has 3 aromatic carbocycles. The van der Waals surface area contributed by atoms with Gasteiger partial charge < -0.3 is 15.0 Å². The molecule has 0 unspecified atom stereocenters. The number of carbonyl (C=O) groups excluding carboxylic acids is 2. The second-order valence-electron chi connectivity index (χ2n) is 10.1. The number of nitrogens with zero attached hydrogens (tertiary/aromatic N) is 2. The van der Waals surface area contributed by atoms with Crippen LogP contribution in [0.15, 0.2) is 83.8 Å². The molecule has 218 valence electrons. The van der Waals surface area contributed by atoms with Crippen molar-refractivity contribution in [3.63, 3.8) is 0 Å². The predicted molar refractivity (Wildman–Crippen MR) is 160 cm³/mol. The summed E-state index contributed by atoms with van der Waals surface area (Å²) in [5, 5.41) is 3.62. The number of hydrogen-bond donors (Lipinski definition) is 1. The summed E-state index contributed by atoms with van der Waals surface area (Å²) in [6.07, 6.45) is 3.93. The van der Waals surface area contributed by atoms with Gasteiger partial charge in [-0.3, -0.25) is 13.9 Å². The van der Waals surface area contributed by atoms with Gasteiger partial charge in [0, 0.05) is 17.6 Å². The van der Waals surface area contributed by atoms with E-state index in [1.54, 1.807) is 73.7 Å². The second-order valence-corrected chi connectivity index (χ2v) is 12.4. The number of hydrogen-bond acceptors (Lipinski definition) is 5. The summed E-state index contributed by atoms with van der Waals surface area (Å²) < 4.78 is 34.3. The van der Waals surface area contributed by atoms with Gasteiger partial charge in [0.15, 0.2) is 0 Å². The fourth-order valence-corrected chi connectivity index (χ4v) is 6.45. The summed E-state index contributed by atoms with van der Waals surface area (Å²) in [6, 6.07) is 20.8. The van der Waals surface area contributed by atoms with E-state index in [9.17, 15) is 18.0 Å². The van der Waals surface area contributed by atoms with Crippen LogP contribution in [0.3, 0.4) is 0 Å². The van der Waals surface area contributed by atoms with Gasteiger partial charge in [-0.15, -0.1) is 0 Å². The van der Waals surface area contributed by atoms with Crippen LogP contribution >= 0.6 is 11.6 Å². The van der Waals surface area contributed by atoms with Crippen LogP contribution in [0.1, 0.15) is 45.1 Å². The van der Waals surface area contributed by atoms with E-state index in [2.05, 4.69) is 5.32 Å². The average Bonchev–Trinajstić information content (AvgIpc) is 3.49. The summed E-state index contributed by atoms with van der Waals surface area (Å²) in [5.41, 5.74) is 1.07. The number of nitrogens with one attached hydrogen (secondary N) is 1. The molecule has 0 saturated heterocycles. The lowest BCUT2D eigenvalue weighted by Crippen LogP contribution is -2.52. The molecule has 1 fully saturated rings. The van der Waals surface area contributed by atoms with Crippen molar-refractivity contribution in [2.75, 3.05) is 17.5 Å². The normalized spacial score (nSPS) is 14.3. The number of rotatable bonds is 12. The molecular formula is C31H36ClN3O5S. The van der Waals surface area contributed by atoms with E-state index in [0.717, 1.165) is 35.6 Å². The fourth-order valence-electron chi connectivity index (χ4n) is 4.88. The zero-order valence-corrected chi connectivity index (χ0v) is 24.9. The van der Waals surface area contributed by atoms with Gasteiger partial charge in [0.25, 0.3) is 10.0 Å². The number of ether oxygens (including phenoxy) is 1. The summed E-state index contributed by atoms with van der Waals surface area (Å²) in [7, 11) is -4.12. The highest BCUT2D eigenvalue weighted by molar-refractivity contribution is 7.92. The first kappa shape index (κ1) is 30.4. The highest BCUT2D eigenvalue weighted by atomic mass is 35.5. The van der Waals surface area contributed by atoms with Crippen molar-refractivity contribution in [2.24, 2.45) is 0 Å². The quantitative estimate of drug-likeness (QED) is 0.301. The lowest BCUT2D eigenvalue weighted by Gasteiger charge is -2.32. The van der Waals surface area contributed by atoms with Crippen molar-refractivity contribution in [1.29, 1.82) is 0 Å². The van der Waals surface area contributed by atoms with Gasteiger partial charge in [0.2, 0.25) is 11.8 Å². The van der Waals surface area contributed by atoms with E-state index in [4.69, 9.17) is 16.3 Å². The number of sulfonamides is 1. The molecule has 0 aromatic heterocycles. The zero-order chi connectivity index (χ0) is 29.4. The van der Waals surface area contributed by atoms with Gasteiger partial charge >= 0.3 is 0 Å². The van der Waals surface area contributed by atoms with Crippen LogP contribution in [0.5, 0.6) is 5.75 Å². The molecule has 0 bridgehead atoms. The largest absolute Gasteiger partial charge is 0.494 e. The van der Waals surface area contributed by atoms with E-state index in [0.29, 0.717) is 23.1 Å². The first-order valence-electron chi connectivity index (χ1n) is 13.8. The van der Waals surface area contributed by atoms with E-state index in [-0.39, 0.29) is 23.4 Å². The van der Waals surface area contributed by atoms with Crippen LogP contribution in [0.25, 0.3) is 0 Å². The summed E-state index contributed by atoms with van der Waals surface area (Å²) in [6.45, 7) is 3.60. The maximum Gasteiger partial charge on any atom is 0.264 e. The number of anilines is 1. The Labute approximate surface area is 247 Å². The molecule has 1 saturated carbocycles. The number of amides is 2. The Morgan fingerprint density at radius 1 is 0.976 bits per heavy atom. The Bertz CT molecular complexity index is 1410. The minimum absolute atomic E-state index is 0.0537. The minimum atomic E-state index is -4.12. The topological polar surface area (TPSA) is 96.0 Å². The molecule has 10 heteroatoms. The van der Waals surface area contributed by atoms with Gasteiger partial charge in [-0.05, 0) is 80.8 Å². The van der Waals surface area contributed by atoms with Gasteiger partial charge in [-0.1, -0.05) is 54.8 Å². The van der Waals surface area contributed by atoms with E-state index >= 15 is 0 Å². The molecule has 3 aromatic rings. The third kappa shape index (κ3) is 7.80. The van der Waals surface area contributed by atoms with Gasteiger partial charge in [0.1, 0.15) is 18.3 Å². The standard InChI is InChI=1S/C31H36ClN3O5S/c1-3-40-28-19-17-27(18-20-28)35(41(38,39)29-11-5-4-6-12-29)22-30(36)34(21-24-13-15-25(32)16-14-24)23(2)31(37)33-26-9-7-8-10-26/h4-6,11-20,23,26H,3,7-10,21-22H2,1-2H3,(H,33,37)/t23-/m1/s1. The molecule has 0 heterocycles. The van der Waals surface area contributed by atoms with E-state index in [1.807, 2.05) is 6.92 Å². The molecule has 1 atom stereocenters. The van der Waals surface area contributed by atoms with Crippen LogP contribution < -0.4 is 14.4 Å². The smallest absolute Gasteiger partial charge is 0.264 e. The van der Waals surface area contributed by atoms with Crippen LogP contribution in [0, 0.1) is 0 Å². The summed E-state index contributed by atoms with van der Waals surface area (Å²) >= 11 is 6.07. The predicted octanol–water partition coefficient (Wildman–Crippen LogP) is 5.41. The molecule has 1 N–H and O–H groups in total. The highest BCUT2D eigenvalue weighted by Crippen LogP contribution is 2.27. The maximum absolute atomic E-state index is 14.0. The third-order valence-corrected chi connectivity index (χ3v) is 9.22. The first-order chi connectivity index (χ1) is 19.7. The summed E-state index contributed by atoms with van der Waals surface area (Å²) in [5.74, 6) is -0.193. The molecule has 8 nitrogen and oxygen atoms in total. The SMILES string of the molecule is CCOc1ccc(N(CC(=O)N(Cc2ccc(Cl)cc2)[C@H](C)C(=O)NC2CCCC2)S(=O)(=O)c2ccccc2)cc1. The Morgan fingerprint density at radius 3 is 2.22 bits per heavy atom. The van der Waals surface area contributed by atoms with Crippen LogP contribution in [0.2, 0.25) is 5.02 Å². The molecule has 0 aliphatic heterocycles. The van der Waals surface area contributed by atoms with Crippen molar-refractivity contribution in [3.05, 3.63) is 89.4 Å². The van der Waals surface area contributed by atoms with E-state index < -0.39 is 28.5 Å². The van der Waals surface area contributed by atoms with Gasteiger partial charge in [-0.2, -0.15) is 0 Å². The summed E-state index contributed by atoms with van der Waals surface area (Å²) in [4.78, 5) is 28.8. The highest BCUT2D eigenvalue weighted by Gasteiger charge is 2.33. The molecule has 4 rings (SSSR count). The molecular weight excluding hydrogens is 562 g/mol. The molecule has 1 aliphatic carbocycles. The van der Waals surface area contributed by atoms with Crippen molar-refractivity contribution in [1.82, 2.24) is 10.2 Å². The van der Waals surface area contributed by atoms with Crippen molar-refractivity contribution in [3.8, 4) is 5.75 Å². The number of benzene rings is 3. The number of halogens is 1. The van der Waals surface area contributed by atoms with Crippen molar-refractivity contribution < 1.29 is 22.7 Å². The van der Waals surface area contributed by atoms with Gasteiger partial charge in [0.05, 0.1) is 17.2 Å². The molecule has 0 radical (unpaired) electrons. The maximum atomic E-state index is 14.0. The van der Waals surface area contributed by atoms with E-state index in [1.165, 1.54) is 17.0 Å². The number of carbonyl (C=O) groups is 2. The lowest BCUT2D eigenvalue weighted by molar-refractivity contribution is -0.139. The minimum Gasteiger partial charge on any atom is -0.494 e. The Hall–Kier alpha value is -3.56. The first-order valence-corrected chi connectivity index (χ1v) is 15.7. The Kier molecular flexibility index (Phi) is 10.3. The molecule has 1 aliphatic rings. The third-order valence-electron chi connectivity index (χ3n) is 7.18. The lowest BCUT2D eigenvalue weighted by atomic mass is 10.1. The van der Waals surface area contributed by atoms with Crippen molar-refractivity contribution >= 4 is 39.1 Å². The van der Waals surface area contributed by atoms with Gasteiger partial charge in [-0.25, -0.2) is 8.42 Å².